The molecule has 76 valence electrons. The van der Waals surface area contributed by atoms with Gasteiger partial charge < -0.3 is 10.1 Å². The number of hydrogen-bond donors (Lipinski definition) is 2. The van der Waals surface area contributed by atoms with Crippen LogP contribution in [0.1, 0.15) is 12.8 Å². The lowest BCUT2D eigenvalue weighted by Crippen LogP contribution is -2.21. The summed E-state index contributed by atoms with van der Waals surface area (Å²) in [4.78, 5) is 14.5. The van der Waals surface area contributed by atoms with Gasteiger partial charge >= 0.3 is 5.69 Å². The number of anilines is 1. The fraction of sp³-hybridized carbons (Fsp3) is 0.625. The highest BCUT2D eigenvalue weighted by molar-refractivity contribution is 5.28. The lowest BCUT2D eigenvalue weighted by molar-refractivity contribution is 0.120. The van der Waals surface area contributed by atoms with Gasteiger partial charge in [-0.15, -0.1) is 0 Å². The summed E-state index contributed by atoms with van der Waals surface area (Å²) in [5.41, 5.74) is -0.442. The minimum atomic E-state index is -0.442. The molecule has 1 aromatic heterocycles. The Morgan fingerprint density at radius 3 is 3.36 bits per heavy atom. The quantitative estimate of drug-likeness (QED) is 0.697. The van der Waals surface area contributed by atoms with Crippen LogP contribution in [0.5, 0.6) is 0 Å². The average molecular weight is 196 g/mol. The van der Waals surface area contributed by atoms with Gasteiger partial charge in [0.25, 0.3) is 0 Å². The van der Waals surface area contributed by atoms with Crippen LogP contribution < -0.4 is 11.0 Å². The van der Waals surface area contributed by atoms with Crippen LogP contribution in [0.2, 0.25) is 0 Å². The predicted molar refractivity (Wildman–Crippen MR) is 50.1 cm³/mol. The molecular formula is C8H12N4O2. The number of ether oxygens (including phenoxy) is 1. The molecule has 0 aliphatic carbocycles. The van der Waals surface area contributed by atoms with Crippen molar-refractivity contribution in [1.29, 1.82) is 0 Å². The maximum Gasteiger partial charge on any atom is 0.363 e. The first kappa shape index (κ1) is 9.14. The Balaban J connectivity index is 1.88. The minimum absolute atomic E-state index is 0.232. The van der Waals surface area contributed by atoms with E-state index in [1.807, 2.05) is 0 Å². The zero-order chi connectivity index (χ0) is 9.80. The summed E-state index contributed by atoms with van der Waals surface area (Å²) in [6, 6.07) is 0. The van der Waals surface area contributed by atoms with Crippen LogP contribution in [0.25, 0.3) is 0 Å². The standard InChI is InChI=1S/C8H12N4O2/c13-8-11-7(5-10-12-8)9-4-6-2-1-3-14-6/h5-6H,1-4H2,(H2,9,11,12,13)/t6-/m1/s1. The second-order valence-corrected chi connectivity index (χ2v) is 3.19. The number of nitrogens with zero attached hydrogens (tertiary/aromatic N) is 2. The first-order chi connectivity index (χ1) is 6.84. The van der Waals surface area contributed by atoms with Gasteiger partial charge in [-0.25, -0.2) is 9.89 Å². The number of aromatic amines is 1. The molecule has 6 heteroatoms. The van der Waals surface area contributed by atoms with Gasteiger partial charge in [0.15, 0.2) is 5.82 Å². The molecule has 1 aromatic rings. The maximum absolute atomic E-state index is 10.8. The number of hydrogen-bond acceptors (Lipinski definition) is 5. The van der Waals surface area contributed by atoms with Gasteiger partial charge in [0.05, 0.1) is 12.3 Å². The first-order valence-electron chi connectivity index (χ1n) is 4.62. The van der Waals surface area contributed by atoms with E-state index in [0.717, 1.165) is 19.4 Å². The van der Waals surface area contributed by atoms with Crippen LogP contribution in [-0.2, 0) is 4.74 Å². The summed E-state index contributed by atoms with van der Waals surface area (Å²) in [5, 5.41) is 8.85. The third kappa shape index (κ3) is 2.29. The molecule has 1 aliphatic rings. The second kappa shape index (κ2) is 4.19. The predicted octanol–water partition coefficient (Wildman–Crippen LogP) is -0.244. The molecule has 0 bridgehead atoms. The Labute approximate surface area is 80.7 Å². The second-order valence-electron chi connectivity index (χ2n) is 3.19. The molecule has 2 rings (SSSR count). The zero-order valence-electron chi connectivity index (χ0n) is 7.69. The van der Waals surface area contributed by atoms with E-state index >= 15 is 0 Å². The number of nitrogens with one attached hydrogen (secondary N) is 2. The molecule has 14 heavy (non-hydrogen) atoms. The van der Waals surface area contributed by atoms with Crippen molar-refractivity contribution in [1.82, 2.24) is 15.2 Å². The molecule has 0 saturated carbocycles. The Hall–Kier alpha value is -1.43. The molecular weight excluding hydrogens is 184 g/mol. The summed E-state index contributed by atoms with van der Waals surface area (Å²) in [7, 11) is 0. The highest BCUT2D eigenvalue weighted by Crippen LogP contribution is 2.11. The first-order valence-corrected chi connectivity index (χ1v) is 4.62. The van der Waals surface area contributed by atoms with Crippen molar-refractivity contribution in [2.45, 2.75) is 18.9 Å². The Morgan fingerprint density at radius 1 is 1.71 bits per heavy atom. The fourth-order valence-electron chi connectivity index (χ4n) is 1.42. The van der Waals surface area contributed by atoms with Crippen LogP contribution in [0.4, 0.5) is 5.82 Å². The summed E-state index contributed by atoms with van der Waals surface area (Å²) in [6.07, 6.45) is 3.88. The summed E-state index contributed by atoms with van der Waals surface area (Å²) in [6.45, 7) is 1.51. The summed E-state index contributed by atoms with van der Waals surface area (Å²) >= 11 is 0. The van der Waals surface area contributed by atoms with Crippen molar-refractivity contribution in [3.8, 4) is 0 Å². The molecule has 0 amide bonds. The third-order valence-electron chi connectivity index (χ3n) is 2.10. The van der Waals surface area contributed by atoms with Crippen molar-refractivity contribution in [3.05, 3.63) is 16.7 Å². The molecule has 0 aromatic carbocycles. The van der Waals surface area contributed by atoms with Gasteiger partial charge in [-0.1, -0.05) is 0 Å². The lowest BCUT2D eigenvalue weighted by atomic mass is 10.2. The molecule has 0 unspecified atom stereocenters. The Kier molecular flexibility index (Phi) is 2.73. The Morgan fingerprint density at radius 2 is 2.64 bits per heavy atom. The molecule has 0 radical (unpaired) electrons. The Bertz CT molecular complexity index is 345. The van der Waals surface area contributed by atoms with E-state index in [4.69, 9.17) is 4.74 Å². The molecule has 0 spiro atoms. The van der Waals surface area contributed by atoms with Gasteiger partial charge in [-0.05, 0) is 12.8 Å². The molecule has 1 saturated heterocycles. The lowest BCUT2D eigenvalue weighted by Gasteiger charge is -2.09. The van der Waals surface area contributed by atoms with Crippen LogP contribution >= 0.6 is 0 Å². The van der Waals surface area contributed by atoms with Crippen LogP contribution in [0.3, 0.4) is 0 Å². The van der Waals surface area contributed by atoms with Gasteiger partial charge in [0.1, 0.15) is 0 Å². The average Bonchev–Trinajstić information content (AvgIpc) is 2.67. The van der Waals surface area contributed by atoms with Crippen molar-refractivity contribution in [2.24, 2.45) is 0 Å². The minimum Gasteiger partial charge on any atom is -0.376 e. The van der Waals surface area contributed by atoms with Gasteiger partial charge in [-0.3, -0.25) is 0 Å². The SMILES string of the molecule is O=c1nc(NC[C@H]2CCCO2)cn[nH]1. The van der Waals surface area contributed by atoms with Gasteiger partial charge in [0.2, 0.25) is 0 Å². The maximum atomic E-state index is 10.8. The van der Waals surface area contributed by atoms with Crippen LogP contribution in [-0.4, -0.2) is 34.4 Å². The van der Waals surface area contributed by atoms with E-state index in [-0.39, 0.29) is 6.10 Å². The van der Waals surface area contributed by atoms with Crippen LogP contribution in [0.15, 0.2) is 11.0 Å². The van der Waals surface area contributed by atoms with Gasteiger partial charge in [-0.2, -0.15) is 10.1 Å². The van der Waals surface area contributed by atoms with Crippen molar-refractivity contribution in [2.75, 3.05) is 18.5 Å². The number of H-pyrrole nitrogens is 1. The van der Waals surface area contributed by atoms with E-state index in [1.54, 1.807) is 0 Å². The van der Waals surface area contributed by atoms with Crippen molar-refractivity contribution in [3.63, 3.8) is 0 Å². The fourth-order valence-corrected chi connectivity index (χ4v) is 1.42. The third-order valence-corrected chi connectivity index (χ3v) is 2.10. The van der Waals surface area contributed by atoms with Crippen LogP contribution in [0, 0.1) is 0 Å². The summed E-state index contributed by atoms with van der Waals surface area (Å²) in [5.74, 6) is 0.490. The molecule has 1 atom stereocenters. The molecule has 2 N–H and O–H groups in total. The highest BCUT2D eigenvalue weighted by Gasteiger charge is 2.14. The van der Waals surface area contributed by atoms with Crippen molar-refractivity contribution < 1.29 is 4.74 Å². The molecule has 1 aliphatic heterocycles. The van der Waals surface area contributed by atoms with Gasteiger partial charge in [0, 0.05) is 13.2 Å². The topological polar surface area (TPSA) is 79.9 Å². The monoisotopic (exact) mass is 196 g/mol. The normalized spacial score (nSPS) is 21.0. The van der Waals surface area contributed by atoms with E-state index < -0.39 is 5.69 Å². The van der Waals surface area contributed by atoms with E-state index in [2.05, 4.69) is 20.5 Å². The largest absolute Gasteiger partial charge is 0.376 e. The molecule has 2 heterocycles. The van der Waals surface area contributed by atoms with E-state index in [0.29, 0.717) is 12.4 Å². The zero-order valence-corrected chi connectivity index (χ0v) is 7.69. The summed E-state index contributed by atoms with van der Waals surface area (Å²) < 4.78 is 5.41. The highest BCUT2D eigenvalue weighted by atomic mass is 16.5. The van der Waals surface area contributed by atoms with E-state index in [1.165, 1.54) is 6.20 Å². The van der Waals surface area contributed by atoms with E-state index in [9.17, 15) is 4.79 Å². The molecule has 6 nitrogen and oxygen atoms in total. The number of aromatic nitrogens is 3. The number of rotatable bonds is 3. The smallest absolute Gasteiger partial charge is 0.363 e. The molecule has 1 fully saturated rings. The van der Waals surface area contributed by atoms with Crippen molar-refractivity contribution >= 4 is 5.82 Å².